The fraction of sp³-hybridized carbons (Fsp3) is 0.143. The molecule has 0 aliphatic carbocycles. The van der Waals surface area contributed by atoms with Gasteiger partial charge in [0.15, 0.2) is 0 Å². The summed E-state index contributed by atoms with van der Waals surface area (Å²) in [6.07, 6.45) is -0.981. The van der Waals surface area contributed by atoms with Gasteiger partial charge in [0, 0.05) is 10.0 Å². The summed E-state index contributed by atoms with van der Waals surface area (Å²) in [5.41, 5.74) is 0.0959. The lowest BCUT2D eigenvalue weighted by Crippen LogP contribution is -1.99. The minimum atomic E-state index is -0.981. The molecule has 0 saturated carbocycles. The standard InChI is InChI=1S/C14H11Cl2FO2/c1-8(18)14-12(17)3-2-4-13(14)19-11-6-9(15)5-10(16)7-11/h2-8,18H,1H3/t8-/m1/s1. The minimum Gasteiger partial charge on any atom is -0.457 e. The van der Waals surface area contributed by atoms with Crippen molar-refractivity contribution in [3.8, 4) is 11.5 Å². The van der Waals surface area contributed by atoms with Crippen LogP contribution in [0.5, 0.6) is 11.5 Å². The Balaban J connectivity index is 2.40. The molecule has 0 saturated heterocycles. The van der Waals surface area contributed by atoms with Crippen molar-refractivity contribution >= 4 is 23.2 Å². The fourth-order valence-electron chi connectivity index (χ4n) is 1.73. The number of halogens is 3. The Morgan fingerprint density at radius 1 is 1.16 bits per heavy atom. The van der Waals surface area contributed by atoms with Gasteiger partial charge in [0.1, 0.15) is 17.3 Å². The zero-order chi connectivity index (χ0) is 14.0. The lowest BCUT2D eigenvalue weighted by atomic mass is 10.1. The van der Waals surface area contributed by atoms with Gasteiger partial charge in [-0.05, 0) is 37.3 Å². The molecule has 0 amide bonds. The molecule has 2 rings (SSSR count). The van der Waals surface area contributed by atoms with E-state index in [-0.39, 0.29) is 11.3 Å². The maximum Gasteiger partial charge on any atom is 0.136 e. The molecule has 1 N–H and O–H groups in total. The van der Waals surface area contributed by atoms with Crippen LogP contribution in [0, 0.1) is 5.82 Å². The van der Waals surface area contributed by atoms with Crippen molar-refractivity contribution in [2.75, 3.05) is 0 Å². The third kappa shape index (κ3) is 3.38. The second-order valence-corrected chi connectivity index (χ2v) is 4.91. The van der Waals surface area contributed by atoms with Crippen LogP contribution in [0.2, 0.25) is 10.0 Å². The van der Waals surface area contributed by atoms with Crippen LogP contribution in [0.1, 0.15) is 18.6 Å². The molecule has 0 bridgehead atoms. The quantitative estimate of drug-likeness (QED) is 0.866. The van der Waals surface area contributed by atoms with Gasteiger partial charge in [0.2, 0.25) is 0 Å². The first-order valence-corrected chi connectivity index (χ1v) is 6.33. The van der Waals surface area contributed by atoms with E-state index < -0.39 is 11.9 Å². The topological polar surface area (TPSA) is 29.5 Å². The molecule has 0 radical (unpaired) electrons. The smallest absolute Gasteiger partial charge is 0.136 e. The highest BCUT2D eigenvalue weighted by Crippen LogP contribution is 2.33. The lowest BCUT2D eigenvalue weighted by Gasteiger charge is -2.14. The van der Waals surface area contributed by atoms with E-state index in [2.05, 4.69) is 0 Å². The predicted octanol–water partition coefficient (Wildman–Crippen LogP) is 4.98. The summed E-state index contributed by atoms with van der Waals surface area (Å²) >= 11 is 11.7. The zero-order valence-electron chi connectivity index (χ0n) is 10.0. The van der Waals surface area contributed by atoms with E-state index in [0.29, 0.717) is 15.8 Å². The molecule has 0 spiro atoms. The number of ether oxygens (including phenoxy) is 1. The highest BCUT2D eigenvalue weighted by Gasteiger charge is 2.15. The second-order valence-electron chi connectivity index (χ2n) is 4.03. The average Bonchev–Trinajstić information content (AvgIpc) is 2.26. The SMILES string of the molecule is C[C@@H](O)c1c(F)cccc1Oc1cc(Cl)cc(Cl)c1. The summed E-state index contributed by atoms with van der Waals surface area (Å²) in [5, 5.41) is 10.4. The Morgan fingerprint density at radius 3 is 2.37 bits per heavy atom. The first-order valence-electron chi connectivity index (χ1n) is 5.58. The zero-order valence-corrected chi connectivity index (χ0v) is 11.5. The molecule has 0 heterocycles. The molecule has 1 atom stereocenters. The number of benzene rings is 2. The molecule has 0 aliphatic rings. The molecule has 2 nitrogen and oxygen atoms in total. The molecule has 0 aromatic heterocycles. The van der Waals surface area contributed by atoms with Gasteiger partial charge in [-0.2, -0.15) is 0 Å². The van der Waals surface area contributed by atoms with E-state index in [1.807, 2.05) is 0 Å². The van der Waals surface area contributed by atoms with Crippen molar-refractivity contribution in [2.45, 2.75) is 13.0 Å². The Bertz CT molecular complexity index is 580. The van der Waals surface area contributed by atoms with Crippen molar-refractivity contribution in [2.24, 2.45) is 0 Å². The van der Waals surface area contributed by atoms with Crippen molar-refractivity contribution in [3.05, 3.63) is 57.8 Å². The Labute approximate surface area is 120 Å². The molecule has 0 unspecified atom stereocenters. The maximum atomic E-state index is 13.7. The predicted molar refractivity (Wildman–Crippen MR) is 73.6 cm³/mol. The molecule has 2 aromatic rings. The van der Waals surface area contributed by atoms with Crippen LogP contribution in [-0.4, -0.2) is 5.11 Å². The van der Waals surface area contributed by atoms with Crippen LogP contribution in [0.15, 0.2) is 36.4 Å². The summed E-state index contributed by atoms with van der Waals surface area (Å²) in [6.45, 7) is 1.47. The molecule has 19 heavy (non-hydrogen) atoms. The van der Waals surface area contributed by atoms with E-state index in [1.165, 1.54) is 19.1 Å². The fourth-order valence-corrected chi connectivity index (χ4v) is 2.23. The number of rotatable bonds is 3. The first kappa shape index (κ1) is 14.1. The number of aliphatic hydroxyl groups excluding tert-OH is 1. The monoisotopic (exact) mass is 300 g/mol. The summed E-state index contributed by atoms with van der Waals surface area (Å²) in [6, 6.07) is 9.02. The normalized spacial score (nSPS) is 12.3. The molecule has 0 aliphatic heterocycles. The first-order chi connectivity index (χ1) is 8.97. The van der Waals surface area contributed by atoms with E-state index >= 15 is 0 Å². The van der Waals surface area contributed by atoms with E-state index in [1.54, 1.807) is 24.3 Å². The van der Waals surface area contributed by atoms with E-state index in [0.717, 1.165) is 0 Å². The van der Waals surface area contributed by atoms with E-state index in [4.69, 9.17) is 27.9 Å². The van der Waals surface area contributed by atoms with Crippen molar-refractivity contribution in [1.82, 2.24) is 0 Å². The number of hydrogen-bond donors (Lipinski definition) is 1. The minimum absolute atomic E-state index is 0.0959. The van der Waals surface area contributed by atoms with Crippen LogP contribution < -0.4 is 4.74 Å². The lowest BCUT2D eigenvalue weighted by molar-refractivity contribution is 0.190. The number of aliphatic hydroxyl groups is 1. The van der Waals surface area contributed by atoms with Gasteiger partial charge in [0.25, 0.3) is 0 Å². The largest absolute Gasteiger partial charge is 0.457 e. The van der Waals surface area contributed by atoms with Gasteiger partial charge in [-0.3, -0.25) is 0 Å². The number of hydrogen-bond acceptors (Lipinski definition) is 2. The van der Waals surface area contributed by atoms with Crippen LogP contribution in [0.25, 0.3) is 0 Å². The van der Waals surface area contributed by atoms with Crippen LogP contribution in [0.3, 0.4) is 0 Å². The molecular weight excluding hydrogens is 290 g/mol. The molecule has 5 heteroatoms. The van der Waals surface area contributed by atoms with Gasteiger partial charge >= 0.3 is 0 Å². The van der Waals surface area contributed by atoms with Crippen molar-refractivity contribution < 1.29 is 14.2 Å². The summed E-state index contributed by atoms with van der Waals surface area (Å²) in [7, 11) is 0. The average molecular weight is 301 g/mol. The molecule has 100 valence electrons. The highest BCUT2D eigenvalue weighted by molar-refractivity contribution is 6.34. The van der Waals surface area contributed by atoms with E-state index in [9.17, 15) is 9.50 Å². The van der Waals surface area contributed by atoms with Crippen molar-refractivity contribution in [1.29, 1.82) is 0 Å². The van der Waals surface area contributed by atoms with Crippen LogP contribution in [-0.2, 0) is 0 Å². The Morgan fingerprint density at radius 2 is 1.79 bits per heavy atom. The van der Waals surface area contributed by atoms with Crippen LogP contribution >= 0.6 is 23.2 Å². The van der Waals surface area contributed by atoms with Gasteiger partial charge in [-0.15, -0.1) is 0 Å². The van der Waals surface area contributed by atoms with Crippen LogP contribution in [0.4, 0.5) is 4.39 Å². The Kier molecular flexibility index (Phi) is 4.30. The second kappa shape index (κ2) is 5.78. The molecular formula is C14H11Cl2FO2. The third-order valence-corrected chi connectivity index (χ3v) is 2.93. The van der Waals surface area contributed by atoms with Gasteiger partial charge in [-0.1, -0.05) is 29.3 Å². The third-order valence-electron chi connectivity index (χ3n) is 2.49. The molecule has 0 fully saturated rings. The van der Waals surface area contributed by atoms with Crippen molar-refractivity contribution in [3.63, 3.8) is 0 Å². The summed E-state index contributed by atoms with van der Waals surface area (Å²) in [4.78, 5) is 0. The molecule has 2 aromatic carbocycles. The van der Waals surface area contributed by atoms with Gasteiger partial charge in [-0.25, -0.2) is 4.39 Å². The Hall–Kier alpha value is -1.29. The maximum absolute atomic E-state index is 13.7. The summed E-state index contributed by atoms with van der Waals surface area (Å²) in [5.74, 6) is 0.0824. The highest BCUT2D eigenvalue weighted by atomic mass is 35.5. The van der Waals surface area contributed by atoms with Gasteiger partial charge < -0.3 is 9.84 Å². The van der Waals surface area contributed by atoms with Gasteiger partial charge in [0.05, 0.1) is 11.7 Å². The summed E-state index contributed by atoms with van der Waals surface area (Å²) < 4.78 is 19.2.